The van der Waals surface area contributed by atoms with Crippen LogP contribution in [0.5, 0.6) is 0 Å². The van der Waals surface area contributed by atoms with Crippen LogP contribution in [0, 0.1) is 5.41 Å². The van der Waals surface area contributed by atoms with Gasteiger partial charge in [0.1, 0.15) is 5.69 Å². The summed E-state index contributed by atoms with van der Waals surface area (Å²) in [6.45, 7) is 6.12. The second-order valence-electron chi connectivity index (χ2n) is 5.14. The van der Waals surface area contributed by atoms with Gasteiger partial charge in [0, 0.05) is 18.8 Å². The van der Waals surface area contributed by atoms with Crippen molar-refractivity contribution < 1.29 is 9.90 Å². The molecule has 0 aliphatic carbocycles. The number of aliphatic hydroxyl groups is 1. The zero-order chi connectivity index (χ0) is 13.1. The van der Waals surface area contributed by atoms with Gasteiger partial charge in [0.05, 0.1) is 5.02 Å². The van der Waals surface area contributed by atoms with Gasteiger partial charge in [0.25, 0.3) is 5.91 Å². The molecule has 1 heterocycles. The van der Waals surface area contributed by atoms with Crippen molar-refractivity contribution in [3.63, 3.8) is 0 Å². The van der Waals surface area contributed by atoms with E-state index >= 15 is 0 Å². The molecule has 0 saturated heterocycles. The molecule has 0 bridgehead atoms. The highest BCUT2D eigenvalue weighted by Gasteiger charge is 2.26. The summed E-state index contributed by atoms with van der Waals surface area (Å²) in [5.74, 6) is -0.203. The van der Waals surface area contributed by atoms with Crippen LogP contribution in [0.4, 0.5) is 0 Å². The lowest BCUT2D eigenvalue weighted by Crippen LogP contribution is -2.44. The van der Waals surface area contributed by atoms with Gasteiger partial charge < -0.3 is 15.4 Å². The molecule has 1 rings (SSSR count). The van der Waals surface area contributed by atoms with E-state index in [0.717, 1.165) is 0 Å². The van der Waals surface area contributed by atoms with Crippen molar-refractivity contribution in [1.29, 1.82) is 0 Å². The average molecular weight is 259 g/mol. The fourth-order valence-corrected chi connectivity index (χ4v) is 1.75. The van der Waals surface area contributed by atoms with Crippen molar-refractivity contribution in [2.75, 3.05) is 6.61 Å². The molecular formula is C12H19ClN2O2. The first-order chi connectivity index (χ1) is 7.84. The van der Waals surface area contributed by atoms with Gasteiger partial charge in [-0.15, -0.1) is 0 Å². The molecular weight excluding hydrogens is 240 g/mol. The van der Waals surface area contributed by atoms with Gasteiger partial charge in [-0.05, 0) is 17.9 Å². The number of H-pyrrole nitrogens is 1. The zero-order valence-corrected chi connectivity index (χ0v) is 11.1. The molecule has 0 saturated carbocycles. The third-order valence-corrected chi connectivity index (χ3v) is 2.88. The van der Waals surface area contributed by atoms with Crippen LogP contribution in [0.15, 0.2) is 12.3 Å². The summed E-state index contributed by atoms with van der Waals surface area (Å²) < 4.78 is 0. The normalized spacial score (nSPS) is 13.5. The maximum atomic E-state index is 11.9. The van der Waals surface area contributed by atoms with Crippen molar-refractivity contribution in [3.8, 4) is 0 Å². The number of halogens is 1. The number of hydrogen-bond acceptors (Lipinski definition) is 2. The van der Waals surface area contributed by atoms with Gasteiger partial charge >= 0.3 is 0 Å². The van der Waals surface area contributed by atoms with Gasteiger partial charge in [0.2, 0.25) is 0 Å². The fraction of sp³-hybridized carbons (Fsp3) is 0.583. The minimum atomic E-state index is -0.203. The van der Waals surface area contributed by atoms with Crippen LogP contribution in [0.2, 0.25) is 5.02 Å². The van der Waals surface area contributed by atoms with Gasteiger partial charge in [-0.25, -0.2) is 0 Å². The van der Waals surface area contributed by atoms with Crippen LogP contribution in [-0.4, -0.2) is 28.6 Å². The molecule has 1 aromatic heterocycles. The Bertz CT molecular complexity index is 382. The zero-order valence-electron chi connectivity index (χ0n) is 10.4. The molecule has 1 aromatic rings. The average Bonchev–Trinajstić information content (AvgIpc) is 2.62. The number of aromatic nitrogens is 1. The monoisotopic (exact) mass is 258 g/mol. The third kappa shape index (κ3) is 4.06. The summed E-state index contributed by atoms with van der Waals surface area (Å²) in [5, 5.41) is 12.4. The van der Waals surface area contributed by atoms with E-state index < -0.39 is 0 Å². The summed E-state index contributed by atoms with van der Waals surface area (Å²) in [7, 11) is 0. The number of carbonyl (C=O) groups excluding carboxylic acids is 1. The highest BCUT2D eigenvalue weighted by molar-refractivity contribution is 6.30. The number of amides is 1. The maximum absolute atomic E-state index is 11.9. The van der Waals surface area contributed by atoms with Crippen molar-refractivity contribution >= 4 is 17.5 Å². The van der Waals surface area contributed by atoms with Crippen molar-refractivity contribution in [1.82, 2.24) is 10.3 Å². The fourth-order valence-electron chi connectivity index (χ4n) is 1.59. The quantitative estimate of drug-likeness (QED) is 0.775. The molecule has 96 valence electrons. The lowest BCUT2D eigenvalue weighted by Gasteiger charge is -2.30. The van der Waals surface area contributed by atoms with E-state index in [0.29, 0.717) is 17.1 Å². The van der Waals surface area contributed by atoms with Crippen LogP contribution in [0.25, 0.3) is 0 Å². The first kappa shape index (κ1) is 14.1. The summed E-state index contributed by atoms with van der Waals surface area (Å²) in [6.07, 6.45) is 2.10. The van der Waals surface area contributed by atoms with Gasteiger partial charge in [-0.3, -0.25) is 4.79 Å². The summed E-state index contributed by atoms with van der Waals surface area (Å²) >= 11 is 5.74. The van der Waals surface area contributed by atoms with Crippen LogP contribution in [0.1, 0.15) is 37.7 Å². The number of nitrogens with one attached hydrogen (secondary N) is 2. The summed E-state index contributed by atoms with van der Waals surface area (Å²) in [6, 6.07) is 1.50. The molecule has 1 atom stereocenters. The lowest BCUT2D eigenvalue weighted by molar-refractivity contribution is 0.0880. The molecule has 0 aliphatic heterocycles. The van der Waals surface area contributed by atoms with Crippen LogP contribution < -0.4 is 5.32 Å². The molecule has 5 heteroatoms. The predicted octanol–water partition coefficient (Wildman–Crippen LogP) is 2.19. The van der Waals surface area contributed by atoms with Crippen LogP contribution in [0.3, 0.4) is 0 Å². The second-order valence-corrected chi connectivity index (χ2v) is 5.57. The summed E-state index contributed by atoms with van der Waals surface area (Å²) in [5.41, 5.74) is 0.330. The Balaban J connectivity index is 2.71. The van der Waals surface area contributed by atoms with E-state index in [1.165, 1.54) is 0 Å². The van der Waals surface area contributed by atoms with E-state index in [1.807, 2.05) is 20.8 Å². The summed E-state index contributed by atoms with van der Waals surface area (Å²) in [4.78, 5) is 14.7. The standard InChI is InChI=1S/C12H19ClN2O2/c1-12(2,3)10(4-5-16)15-11(17)9-6-8(13)7-14-9/h6-7,10,14,16H,4-5H2,1-3H3,(H,15,17). The highest BCUT2D eigenvalue weighted by Crippen LogP contribution is 2.22. The maximum Gasteiger partial charge on any atom is 0.267 e. The first-order valence-corrected chi connectivity index (χ1v) is 5.98. The van der Waals surface area contributed by atoms with E-state index in [4.69, 9.17) is 16.7 Å². The predicted molar refractivity (Wildman–Crippen MR) is 68.2 cm³/mol. The largest absolute Gasteiger partial charge is 0.396 e. The molecule has 0 spiro atoms. The number of aromatic amines is 1. The topological polar surface area (TPSA) is 65.1 Å². The molecule has 4 nitrogen and oxygen atoms in total. The Labute approximate surface area is 106 Å². The first-order valence-electron chi connectivity index (χ1n) is 5.60. The molecule has 17 heavy (non-hydrogen) atoms. The highest BCUT2D eigenvalue weighted by atomic mass is 35.5. The number of hydrogen-bond donors (Lipinski definition) is 3. The van der Waals surface area contributed by atoms with Gasteiger partial charge in [0.15, 0.2) is 0 Å². The number of rotatable bonds is 4. The van der Waals surface area contributed by atoms with Gasteiger partial charge in [-0.1, -0.05) is 32.4 Å². The van der Waals surface area contributed by atoms with E-state index in [-0.39, 0.29) is 24.0 Å². The Morgan fingerprint density at radius 1 is 1.59 bits per heavy atom. The molecule has 0 fully saturated rings. The number of carbonyl (C=O) groups is 1. The number of aliphatic hydroxyl groups excluding tert-OH is 1. The Hall–Kier alpha value is -1.00. The van der Waals surface area contributed by atoms with E-state index in [9.17, 15) is 4.79 Å². The lowest BCUT2D eigenvalue weighted by atomic mass is 9.85. The molecule has 0 aliphatic rings. The second kappa shape index (κ2) is 5.56. The molecule has 0 aromatic carbocycles. The van der Waals surface area contributed by atoms with Crippen molar-refractivity contribution in [3.05, 3.63) is 23.0 Å². The minimum absolute atomic E-state index is 0.0493. The van der Waals surface area contributed by atoms with Crippen LogP contribution >= 0.6 is 11.6 Å². The minimum Gasteiger partial charge on any atom is -0.396 e. The Kier molecular flexibility index (Phi) is 4.60. The molecule has 0 radical (unpaired) electrons. The van der Waals surface area contributed by atoms with Gasteiger partial charge in [-0.2, -0.15) is 0 Å². The Morgan fingerprint density at radius 3 is 2.65 bits per heavy atom. The smallest absolute Gasteiger partial charge is 0.267 e. The molecule has 1 amide bonds. The van der Waals surface area contributed by atoms with Crippen molar-refractivity contribution in [2.24, 2.45) is 5.41 Å². The van der Waals surface area contributed by atoms with Crippen LogP contribution in [-0.2, 0) is 0 Å². The Morgan fingerprint density at radius 2 is 2.24 bits per heavy atom. The van der Waals surface area contributed by atoms with Crippen molar-refractivity contribution in [2.45, 2.75) is 33.2 Å². The molecule has 1 unspecified atom stereocenters. The van der Waals surface area contributed by atoms with E-state index in [1.54, 1.807) is 12.3 Å². The molecule has 3 N–H and O–H groups in total. The van der Waals surface area contributed by atoms with E-state index in [2.05, 4.69) is 10.3 Å². The third-order valence-electron chi connectivity index (χ3n) is 2.66. The SMILES string of the molecule is CC(C)(C)C(CCO)NC(=O)c1cc(Cl)c[nH]1.